The van der Waals surface area contributed by atoms with Crippen LogP contribution < -0.4 is 4.74 Å². The Labute approximate surface area is 180 Å². The van der Waals surface area contributed by atoms with Gasteiger partial charge in [0.1, 0.15) is 11.6 Å². The molecule has 3 aromatic rings. The highest BCUT2D eigenvalue weighted by atomic mass is 19.1. The van der Waals surface area contributed by atoms with Crippen LogP contribution in [-0.2, 0) is 0 Å². The number of carbonyl (C=O) groups excluding carboxylic acids is 2. The van der Waals surface area contributed by atoms with Crippen LogP contribution in [-0.4, -0.2) is 54.9 Å². The molecule has 0 spiro atoms. The van der Waals surface area contributed by atoms with Crippen molar-refractivity contribution in [3.05, 3.63) is 89.7 Å². The average Bonchev–Trinajstić information content (AvgIpc) is 2.84. The van der Waals surface area contributed by atoms with Crippen molar-refractivity contribution >= 4 is 11.8 Å². The molecule has 0 bridgehead atoms. The minimum Gasteiger partial charge on any atom is -0.496 e. The zero-order chi connectivity index (χ0) is 21.8. The summed E-state index contributed by atoms with van der Waals surface area (Å²) < 4.78 is 18.5. The Balaban J connectivity index is 1.44. The van der Waals surface area contributed by atoms with Gasteiger partial charge in [-0.2, -0.15) is 0 Å². The molecule has 1 aliphatic rings. The maximum absolute atomic E-state index is 13.1. The molecule has 0 radical (unpaired) electrons. The molecule has 1 heterocycles. The summed E-state index contributed by atoms with van der Waals surface area (Å²) in [4.78, 5) is 29.1. The zero-order valence-electron chi connectivity index (χ0n) is 17.3. The normalized spacial score (nSPS) is 13.7. The maximum Gasteiger partial charge on any atom is 0.253 e. The van der Waals surface area contributed by atoms with E-state index in [9.17, 15) is 14.0 Å². The second kappa shape index (κ2) is 9.00. The van der Waals surface area contributed by atoms with Gasteiger partial charge in [-0.05, 0) is 48.0 Å². The third kappa shape index (κ3) is 4.43. The molecule has 0 aromatic heterocycles. The highest BCUT2D eigenvalue weighted by molar-refractivity contribution is 5.97. The van der Waals surface area contributed by atoms with Crippen molar-refractivity contribution in [2.24, 2.45) is 0 Å². The van der Waals surface area contributed by atoms with Gasteiger partial charge >= 0.3 is 0 Å². The summed E-state index contributed by atoms with van der Waals surface area (Å²) in [5.74, 6) is 0.165. The quantitative estimate of drug-likeness (QED) is 0.641. The predicted molar refractivity (Wildman–Crippen MR) is 117 cm³/mol. The van der Waals surface area contributed by atoms with Gasteiger partial charge in [0.15, 0.2) is 0 Å². The monoisotopic (exact) mass is 418 g/mol. The van der Waals surface area contributed by atoms with E-state index in [0.717, 1.165) is 16.9 Å². The van der Waals surface area contributed by atoms with Crippen LogP contribution in [0.5, 0.6) is 5.75 Å². The van der Waals surface area contributed by atoms with Gasteiger partial charge in [-0.1, -0.05) is 30.3 Å². The van der Waals surface area contributed by atoms with Crippen molar-refractivity contribution in [3.8, 4) is 16.9 Å². The number of methoxy groups -OCH3 is 1. The van der Waals surface area contributed by atoms with Gasteiger partial charge in [0.25, 0.3) is 11.8 Å². The number of hydrogen-bond acceptors (Lipinski definition) is 3. The third-order valence-corrected chi connectivity index (χ3v) is 5.47. The molecule has 5 nitrogen and oxygen atoms in total. The molecule has 1 fully saturated rings. The maximum atomic E-state index is 13.1. The molecule has 1 aliphatic heterocycles. The van der Waals surface area contributed by atoms with Crippen LogP contribution in [0.2, 0.25) is 0 Å². The number of carbonyl (C=O) groups is 2. The molecule has 158 valence electrons. The number of amides is 2. The largest absolute Gasteiger partial charge is 0.496 e. The number of benzene rings is 3. The Hall–Kier alpha value is -3.67. The molecule has 0 unspecified atom stereocenters. The summed E-state index contributed by atoms with van der Waals surface area (Å²) in [6.07, 6.45) is 0. The lowest BCUT2D eigenvalue weighted by atomic mass is 10.0. The van der Waals surface area contributed by atoms with Gasteiger partial charge in [0, 0.05) is 42.9 Å². The van der Waals surface area contributed by atoms with Crippen molar-refractivity contribution < 1.29 is 18.7 Å². The molecule has 4 rings (SSSR count). The summed E-state index contributed by atoms with van der Waals surface area (Å²) >= 11 is 0. The average molecular weight is 418 g/mol. The summed E-state index contributed by atoms with van der Waals surface area (Å²) in [5, 5.41) is 0. The number of halogens is 1. The van der Waals surface area contributed by atoms with Crippen LogP contribution in [0.4, 0.5) is 4.39 Å². The van der Waals surface area contributed by atoms with Crippen LogP contribution in [0, 0.1) is 5.82 Å². The molecule has 2 amide bonds. The molecule has 31 heavy (non-hydrogen) atoms. The van der Waals surface area contributed by atoms with Gasteiger partial charge < -0.3 is 14.5 Å². The first-order chi connectivity index (χ1) is 15.1. The number of ether oxygens (including phenoxy) is 1. The van der Waals surface area contributed by atoms with E-state index in [2.05, 4.69) is 0 Å². The molecular weight excluding hydrogens is 395 g/mol. The summed E-state index contributed by atoms with van der Waals surface area (Å²) in [5.41, 5.74) is 2.88. The van der Waals surface area contributed by atoms with Gasteiger partial charge in [-0.3, -0.25) is 9.59 Å². The standard InChI is InChI=1S/C25H23FN2O3/c1-31-23-8-3-2-7-22(23)19-5-4-6-20(17-19)25(30)28-15-13-27(14-16-28)24(29)18-9-11-21(26)12-10-18/h2-12,17H,13-16H2,1H3. The number of piperazine rings is 1. The van der Waals surface area contributed by atoms with E-state index in [4.69, 9.17) is 4.74 Å². The summed E-state index contributed by atoms with van der Waals surface area (Å²) in [6.45, 7) is 1.78. The Morgan fingerprint density at radius 1 is 0.774 bits per heavy atom. The zero-order valence-corrected chi connectivity index (χ0v) is 17.3. The van der Waals surface area contributed by atoms with Gasteiger partial charge in [0.2, 0.25) is 0 Å². The number of nitrogens with zero attached hydrogens (tertiary/aromatic N) is 2. The van der Waals surface area contributed by atoms with Crippen molar-refractivity contribution in [3.63, 3.8) is 0 Å². The first-order valence-electron chi connectivity index (χ1n) is 10.1. The first-order valence-corrected chi connectivity index (χ1v) is 10.1. The van der Waals surface area contributed by atoms with E-state index < -0.39 is 0 Å². The molecule has 0 saturated carbocycles. The van der Waals surface area contributed by atoms with E-state index >= 15 is 0 Å². The Morgan fingerprint density at radius 2 is 1.39 bits per heavy atom. The van der Waals surface area contributed by atoms with Gasteiger partial charge in [0.05, 0.1) is 7.11 Å². The number of hydrogen-bond donors (Lipinski definition) is 0. The fourth-order valence-electron chi connectivity index (χ4n) is 3.77. The van der Waals surface area contributed by atoms with Crippen molar-refractivity contribution in [1.82, 2.24) is 9.80 Å². The van der Waals surface area contributed by atoms with Crippen LogP contribution >= 0.6 is 0 Å². The highest BCUT2D eigenvalue weighted by Crippen LogP contribution is 2.30. The van der Waals surface area contributed by atoms with E-state index in [1.54, 1.807) is 23.0 Å². The number of rotatable bonds is 4. The Kier molecular flexibility index (Phi) is 5.98. The van der Waals surface area contributed by atoms with E-state index in [1.807, 2.05) is 42.5 Å². The molecule has 0 aliphatic carbocycles. The molecule has 1 saturated heterocycles. The van der Waals surface area contributed by atoms with Crippen LogP contribution in [0.25, 0.3) is 11.1 Å². The molecule has 3 aromatic carbocycles. The minimum atomic E-state index is -0.373. The molecule has 6 heteroatoms. The lowest BCUT2D eigenvalue weighted by molar-refractivity contribution is 0.0535. The summed E-state index contributed by atoms with van der Waals surface area (Å²) in [6, 6.07) is 20.7. The predicted octanol–water partition coefficient (Wildman–Crippen LogP) is 4.10. The van der Waals surface area contributed by atoms with Gasteiger partial charge in [-0.15, -0.1) is 0 Å². The second-order valence-electron chi connectivity index (χ2n) is 7.37. The summed E-state index contributed by atoms with van der Waals surface area (Å²) in [7, 11) is 1.63. The van der Waals surface area contributed by atoms with E-state index in [-0.39, 0.29) is 17.6 Å². The topological polar surface area (TPSA) is 49.9 Å². The van der Waals surface area contributed by atoms with Crippen molar-refractivity contribution in [2.45, 2.75) is 0 Å². The third-order valence-electron chi connectivity index (χ3n) is 5.47. The SMILES string of the molecule is COc1ccccc1-c1cccc(C(=O)N2CCN(C(=O)c3ccc(F)cc3)CC2)c1. The van der Waals surface area contributed by atoms with Gasteiger partial charge in [-0.25, -0.2) is 4.39 Å². The fraction of sp³-hybridized carbons (Fsp3) is 0.200. The van der Waals surface area contributed by atoms with Crippen LogP contribution in [0.1, 0.15) is 20.7 Å². The fourth-order valence-corrected chi connectivity index (χ4v) is 3.77. The number of para-hydroxylation sites is 1. The first kappa shape index (κ1) is 20.6. The van der Waals surface area contributed by atoms with Crippen molar-refractivity contribution in [1.29, 1.82) is 0 Å². The van der Waals surface area contributed by atoms with Crippen molar-refractivity contribution in [2.75, 3.05) is 33.3 Å². The Bertz CT molecular complexity index is 1090. The molecular formula is C25H23FN2O3. The highest BCUT2D eigenvalue weighted by Gasteiger charge is 2.25. The van der Waals surface area contributed by atoms with Crippen LogP contribution in [0.3, 0.4) is 0 Å². The van der Waals surface area contributed by atoms with E-state index in [1.165, 1.54) is 24.3 Å². The van der Waals surface area contributed by atoms with E-state index in [0.29, 0.717) is 37.3 Å². The molecule has 0 atom stereocenters. The lowest BCUT2D eigenvalue weighted by Gasteiger charge is -2.35. The minimum absolute atomic E-state index is 0.0642. The Morgan fingerprint density at radius 3 is 2.03 bits per heavy atom. The smallest absolute Gasteiger partial charge is 0.253 e. The van der Waals surface area contributed by atoms with Crippen LogP contribution in [0.15, 0.2) is 72.8 Å². The molecule has 0 N–H and O–H groups in total. The lowest BCUT2D eigenvalue weighted by Crippen LogP contribution is -2.50. The second-order valence-corrected chi connectivity index (χ2v) is 7.37.